The third-order valence-corrected chi connectivity index (χ3v) is 2.04. The van der Waals surface area contributed by atoms with Gasteiger partial charge in [-0.25, -0.2) is 9.36 Å². The van der Waals surface area contributed by atoms with Crippen molar-refractivity contribution in [2.45, 2.75) is 19.9 Å². The van der Waals surface area contributed by atoms with Crippen molar-refractivity contribution in [3.8, 4) is 5.69 Å². The van der Waals surface area contributed by atoms with Crippen molar-refractivity contribution in [3.05, 3.63) is 40.9 Å². The molecule has 1 aromatic heterocycles. The highest BCUT2D eigenvalue weighted by molar-refractivity contribution is 5.39. The maximum Gasteiger partial charge on any atom is 0.447 e. The van der Waals surface area contributed by atoms with Gasteiger partial charge in [-0.15, -0.1) is 0 Å². The van der Waals surface area contributed by atoms with Crippen LogP contribution in [0.25, 0.3) is 5.69 Å². The van der Waals surface area contributed by atoms with Crippen LogP contribution in [0.2, 0.25) is 0 Å². The first-order valence-electron chi connectivity index (χ1n) is 5.09. The van der Waals surface area contributed by atoms with Crippen LogP contribution in [0.15, 0.2) is 39.6 Å². The largest absolute Gasteiger partial charge is 0.447 e. The average molecular weight is 219 g/mol. The van der Waals surface area contributed by atoms with Crippen molar-refractivity contribution in [2.24, 2.45) is 0 Å². The molecule has 0 bridgehead atoms. The van der Waals surface area contributed by atoms with Gasteiger partial charge in [0.25, 0.3) is 5.95 Å². The molecule has 0 saturated heterocycles. The van der Waals surface area contributed by atoms with E-state index in [1.54, 1.807) is 0 Å². The van der Waals surface area contributed by atoms with E-state index in [0.717, 1.165) is 5.69 Å². The summed E-state index contributed by atoms with van der Waals surface area (Å²) in [7, 11) is 0. The molecule has 0 saturated carbocycles. The summed E-state index contributed by atoms with van der Waals surface area (Å²) in [6.07, 6.45) is 0. The molecule has 0 unspecified atom stereocenters. The Kier molecular flexibility index (Phi) is 2.76. The van der Waals surface area contributed by atoms with Gasteiger partial charge in [0.1, 0.15) is 0 Å². The van der Waals surface area contributed by atoms with E-state index in [-0.39, 0.29) is 6.04 Å². The van der Waals surface area contributed by atoms with Crippen LogP contribution in [-0.4, -0.2) is 15.8 Å². The molecule has 1 heterocycles. The highest BCUT2D eigenvalue weighted by Gasteiger charge is 2.12. The Hall–Kier alpha value is -2.04. The molecule has 0 aliphatic heterocycles. The van der Waals surface area contributed by atoms with Crippen LogP contribution in [0.3, 0.4) is 0 Å². The number of nitrogens with one attached hydrogen (secondary N) is 1. The normalized spacial score (nSPS) is 10.7. The predicted octanol–water partition coefficient (Wildman–Crippen LogP) is 1.65. The molecule has 5 nitrogen and oxygen atoms in total. The van der Waals surface area contributed by atoms with Gasteiger partial charge in [0.2, 0.25) is 0 Å². The van der Waals surface area contributed by atoms with Gasteiger partial charge in [-0.3, -0.25) is 4.52 Å². The third-order valence-electron chi connectivity index (χ3n) is 2.04. The first-order chi connectivity index (χ1) is 7.68. The monoisotopic (exact) mass is 219 g/mol. The highest BCUT2D eigenvalue weighted by Crippen LogP contribution is 2.11. The number of nitrogens with zero attached hydrogens (tertiary/aromatic N) is 2. The van der Waals surface area contributed by atoms with Crippen molar-refractivity contribution in [2.75, 3.05) is 5.32 Å². The fourth-order valence-corrected chi connectivity index (χ4v) is 1.40. The quantitative estimate of drug-likeness (QED) is 0.852. The van der Waals surface area contributed by atoms with Crippen LogP contribution in [0.5, 0.6) is 0 Å². The van der Waals surface area contributed by atoms with Gasteiger partial charge in [-0.2, -0.15) is 0 Å². The summed E-state index contributed by atoms with van der Waals surface area (Å²) in [6.45, 7) is 3.93. The first-order valence-corrected chi connectivity index (χ1v) is 5.09. The smallest absolute Gasteiger partial charge is 0.350 e. The van der Waals surface area contributed by atoms with E-state index in [2.05, 4.69) is 15.0 Å². The molecule has 0 spiro atoms. The van der Waals surface area contributed by atoms with Crippen molar-refractivity contribution >= 4 is 5.95 Å². The predicted molar refractivity (Wildman–Crippen MR) is 60.9 cm³/mol. The van der Waals surface area contributed by atoms with Gasteiger partial charge in [-0.05, 0) is 31.1 Å². The molecule has 0 aliphatic carbocycles. The summed E-state index contributed by atoms with van der Waals surface area (Å²) in [5, 5.41) is 6.75. The van der Waals surface area contributed by atoms with Gasteiger partial charge in [0, 0.05) is 6.04 Å². The fraction of sp³-hybridized carbons (Fsp3) is 0.273. The second kappa shape index (κ2) is 4.22. The standard InChI is InChI=1S/C11H13N3O2/c1-8(2)12-10-13-16-11(15)14(10)9-6-4-3-5-7-9/h3-8H,1-2H3,(H,12,13). The van der Waals surface area contributed by atoms with E-state index in [9.17, 15) is 4.79 Å². The van der Waals surface area contributed by atoms with E-state index < -0.39 is 5.76 Å². The molecule has 5 heteroatoms. The van der Waals surface area contributed by atoms with Crippen molar-refractivity contribution in [1.82, 2.24) is 9.72 Å². The van der Waals surface area contributed by atoms with Crippen molar-refractivity contribution in [1.29, 1.82) is 0 Å². The number of para-hydroxylation sites is 1. The number of aromatic nitrogens is 2. The first kappa shape index (κ1) is 10.5. The summed E-state index contributed by atoms with van der Waals surface area (Å²) >= 11 is 0. The van der Waals surface area contributed by atoms with Crippen LogP contribution in [0.4, 0.5) is 5.95 Å². The second-order valence-corrected chi connectivity index (χ2v) is 3.74. The Bertz CT molecular complexity index is 514. The number of hydrogen-bond acceptors (Lipinski definition) is 4. The van der Waals surface area contributed by atoms with E-state index in [0.29, 0.717) is 5.95 Å². The lowest BCUT2D eigenvalue weighted by molar-refractivity contribution is 0.383. The third kappa shape index (κ3) is 1.98. The number of hydrogen-bond donors (Lipinski definition) is 1. The van der Waals surface area contributed by atoms with Gasteiger partial charge in [0.05, 0.1) is 5.69 Å². The number of rotatable bonds is 3. The average Bonchev–Trinajstić information content (AvgIpc) is 2.60. The molecule has 2 aromatic rings. The molecule has 2 rings (SSSR count). The van der Waals surface area contributed by atoms with Crippen LogP contribution in [-0.2, 0) is 0 Å². The van der Waals surface area contributed by atoms with E-state index in [1.165, 1.54) is 4.57 Å². The maximum atomic E-state index is 11.5. The van der Waals surface area contributed by atoms with E-state index in [4.69, 9.17) is 0 Å². The Balaban J connectivity index is 2.48. The molecule has 0 atom stereocenters. The van der Waals surface area contributed by atoms with E-state index in [1.807, 2.05) is 44.2 Å². The Morgan fingerprint density at radius 1 is 1.31 bits per heavy atom. The molecular weight excluding hydrogens is 206 g/mol. The molecule has 0 amide bonds. The highest BCUT2D eigenvalue weighted by atomic mass is 16.5. The zero-order valence-electron chi connectivity index (χ0n) is 9.18. The summed E-state index contributed by atoms with van der Waals surface area (Å²) in [6, 6.07) is 9.42. The summed E-state index contributed by atoms with van der Waals surface area (Å²) in [5.74, 6) is -0.0689. The minimum absolute atomic E-state index is 0.180. The van der Waals surface area contributed by atoms with Crippen LogP contribution in [0.1, 0.15) is 13.8 Å². The van der Waals surface area contributed by atoms with Gasteiger partial charge < -0.3 is 5.32 Å². The van der Waals surface area contributed by atoms with Gasteiger partial charge >= 0.3 is 5.76 Å². The molecule has 0 aliphatic rings. The lowest BCUT2D eigenvalue weighted by Gasteiger charge is -2.08. The minimum atomic E-state index is -0.491. The van der Waals surface area contributed by atoms with Crippen LogP contribution < -0.4 is 11.1 Å². The lowest BCUT2D eigenvalue weighted by atomic mass is 10.3. The summed E-state index contributed by atoms with van der Waals surface area (Å²) in [5.41, 5.74) is 0.733. The van der Waals surface area contributed by atoms with Crippen LogP contribution in [0, 0.1) is 0 Å². The van der Waals surface area contributed by atoms with E-state index >= 15 is 0 Å². The molecule has 1 N–H and O–H groups in total. The molecule has 16 heavy (non-hydrogen) atoms. The summed E-state index contributed by atoms with van der Waals surface area (Å²) < 4.78 is 6.05. The number of anilines is 1. The molecule has 0 fully saturated rings. The van der Waals surface area contributed by atoms with Gasteiger partial charge in [0.15, 0.2) is 0 Å². The summed E-state index contributed by atoms with van der Waals surface area (Å²) in [4.78, 5) is 11.5. The topological polar surface area (TPSA) is 60.1 Å². The Morgan fingerprint density at radius 3 is 2.62 bits per heavy atom. The molecular formula is C11H13N3O2. The second-order valence-electron chi connectivity index (χ2n) is 3.74. The minimum Gasteiger partial charge on any atom is -0.350 e. The Morgan fingerprint density at radius 2 is 2.00 bits per heavy atom. The van der Waals surface area contributed by atoms with Gasteiger partial charge in [-0.1, -0.05) is 18.2 Å². The molecule has 84 valence electrons. The maximum absolute atomic E-state index is 11.5. The molecule has 0 radical (unpaired) electrons. The fourth-order valence-electron chi connectivity index (χ4n) is 1.40. The van der Waals surface area contributed by atoms with Crippen molar-refractivity contribution < 1.29 is 4.52 Å². The van der Waals surface area contributed by atoms with Crippen molar-refractivity contribution in [3.63, 3.8) is 0 Å². The Labute approximate surface area is 92.7 Å². The lowest BCUT2D eigenvalue weighted by Crippen LogP contribution is -2.19. The zero-order chi connectivity index (χ0) is 11.5. The number of benzene rings is 1. The van der Waals surface area contributed by atoms with Crippen LogP contribution >= 0.6 is 0 Å². The SMILES string of the molecule is CC(C)Nc1noc(=O)n1-c1ccccc1. The zero-order valence-corrected chi connectivity index (χ0v) is 9.18. The molecule has 1 aromatic carbocycles.